The zero-order valence-corrected chi connectivity index (χ0v) is 15.0. The van der Waals surface area contributed by atoms with E-state index in [1.807, 2.05) is 36.4 Å². The van der Waals surface area contributed by atoms with Crippen molar-refractivity contribution in [2.24, 2.45) is 0 Å². The lowest BCUT2D eigenvalue weighted by atomic mass is 10.1. The van der Waals surface area contributed by atoms with Crippen molar-refractivity contribution < 1.29 is 14.3 Å². The summed E-state index contributed by atoms with van der Waals surface area (Å²) in [6.07, 6.45) is 0. The summed E-state index contributed by atoms with van der Waals surface area (Å²) in [5, 5.41) is 6.29. The number of carbonyl (C=O) groups is 1. The minimum absolute atomic E-state index is 0.245. The third-order valence-electron chi connectivity index (χ3n) is 4.34. The van der Waals surface area contributed by atoms with Crippen LogP contribution >= 0.6 is 0 Å². The molecular formula is C20H18N4O3. The highest BCUT2D eigenvalue weighted by molar-refractivity contribution is 6.13. The van der Waals surface area contributed by atoms with Crippen LogP contribution in [0.15, 0.2) is 48.5 Å². The first-order valence-electron chi connectivity index (χ1n) is 8.52. The summed E-state index contributed by atoms with van der Waals surface area (Å²) >= 11 is 0. The van der Waals surface area contributed by atoms with Crippen LogP contribution in [0.4, 0.5) is 5.82 Å². The molecule has 0 fully saturated rings. The average molecular weight is 362 g/mol. The molecule has 0 spiro atoms. The number of nitrogens with two attached hydrogens (primary N) is 1. The normalized spacial score (nSPS) is 11.0. The lowest BCUT2D eigenvalue weighted by Crippen LogP contribution is -2.12. The molecule has 2 N–H and O–H groups in total. The van der Waals surface area contributed by atoms with Gasteiger partial charge in [0.25, 0.3) is 0 Å². The Balaban J connectivity index is 2.05. The molecule has 0 unspecified atom stereocenters. The van der Waals surface area contributed by atoms with Crippen LogP contribution in [0.2, 0.25) is 0 Å². The van der Waals surface area contributed by atoms with Gasteiger partial charge in [-0.15, -0.1) is 0 Å². The number of nitrogen functional groups attached to an aromatic ring is 1. The van der Waals surface area contributed by atoms with E-state index >= 15 is 0 Å². The van der Waals surface area contributed by atoms with E-state index in [-0.39, 0.29) is 12.3 Å². The van der Waals surface area contributed by atoms with Crippen LogP contribution in [-0.4, -0.2) is 34.5 Å². The highest BCUT2D eigenvalue weighted by Gasteiger charge is 2.24. The summed E-state index contributed by atoms with van der Waals surface area (Å²) in [5.74, 6) is 0.553. The second-order valence-electron chi connectivity index (χ2n) is 5.92. The molecule has 0 amide bonds. The Bertz CT molecular complexity index is 1150. The Morgan fingerprint density at radius 2 is 1.78 bits per heavy atom. The van der Waals surface area contributed by atoms with E-state index in [9.17, 15) is 4.79 Å². The van der Waals surface area contributed by atoms with Crippen molar-refractivity contribution in [3.8, 4) is 11.4 Å². The number of methoxy groups -OCH3 is 1. The Morgan fingerprint density at radius 1 is 1.07 bits per heavy atom. The molecule has 0 aliphatic carbocycles. The highest BCUT2D eigenvalue weighted by Crippen LogP contribution is 2.31. The fourth-order valence-electron chi connectivity index (χ4n) is 3.08. The number of ether oxygens (including phenoxy) is 2. The second kappa shape index (κ2) is 6.60. The molecule has 2 aromatic heterocycles. The molecule has 0 aliphatic heterocycles. The lowest BCUT2D eigenvalue weighted by Gasteiger charge is -2.08. The molecule has 2 aromatic carbocycles. The first-order chi connectivity index (χ1) is 13.1. The fraction of sp³-hybridized carbons (Fsp3) is 0.150. The summed E-state index contributed by atoms with van der Waals surface area (Å²) < 4.78 is 12.0. The van der Waals surface area contributed by atoms with E-state index < -0.39 is 5.97 Å². The molecule has 0 aliphatic rings. The number of fused-ring (bicyclic) bond motifs is 3. The number of aromatic nitrogens is 3. The van der Waals surface area contributed by atoms with Crippen molar-refractivity contribution in [3.05, 3.63) is 54.2 Å². The molecule has 0 saturated carbocycles. The van der Waals surface area contributed by atoms with Crippen molar-refractivity contribution >= 4 is 33.6 Å². The van der Waals surface area contributed by atoms with Crippen molar-refractivity contribution in [2.75, 3.05) is 19.5 Å². The number of anilines is 1. The number of carbonyl (C=O) groups excluding carboxylic acids is 1. The maximum Gasteiger partial charge on any atom is 0.359 e. The van der Waals surface area contributed by atoms with E-state index in [1.54, 1.807) is 30.8 Å². The standard InChI is InChI=1S/C20H18N4O3/c1-3-27-20(25)18-17-16(14-6-4-5-7-15(14)19(21)22-17)23-24(18)12-8-10-13(26-2)11-9-12/h4-11H,3H2,1-2H3,(H2,21,22). The van der Waals surface area contributed by atoms with Gasteiger partial charge in [-0.1, -0.05) is 24.3 Å². The predicted molar refractivity (Wildman–Crippen MR) is 103 cm³/mol. The summed E-state index contributed by atoms with van der Waals surface area (Å²) in [6, 6.07) is 14.8. The Hall–Kier alpha value is -3.61. The minimum atomic E-state index is -0.502. The van der Waals surface area contributed by atoms with Crippen molar-refractivity contribution in [3.63, 3.8) is 0 Å². The van der Waals surface area contributed by atoms with E-state index in [0.717, 1.165) is 10.8 Å². The largest absolute Gasteiger partial charge is 0.497 e. The van der Waals surface area contributed by atoms with Crippen LogP contribution in [0.3, 0.4) is 0 Å². The van der Waals surface area contributed by atoms with Crippen LogP contribution in [-0.2, 0) is 4.74 Å². The summed E-state index contributed by atoms with van der Waals surface area (Å²) in [6.45, 7) is 2.00. The number of pyridine rings is 1. The van der Waals surface area contributed by atoms with Gasteiger partial charge in [-0.05, 0) is 31.2 Å². The molecule has 0 bridgehead atoms. The molecule has 0 atom stereocenters. The predicted octanol–water partition coefficient (Wildman–Crippen LogP) is 3.34. The third-order valence-corrected chi connectivity index (χ3v) is 4.34. The number of esters is 1. The third kappa shape index (κ3) is 2.73. The number of hydrogen-bond acceptors (Lipinski definition) is 6. The molecule has 0 radical (unpaired) electrons. The van der Waals surface area contributed by atoms with Gasteiger partial charge in [0, 0.05) is 10.8 Å². The van der Waals surface area contributed by atoms with Gasteiger partial charge in [0.1, 0.15) is 22.6 Å². The molecule has 2 heterocycles. The van der Waals surface area contributed by atoms with Crippen molar-refractivity contribution in [1.29, 1.82) is 0 Å². The van der Waals surface area contributed by atoms with Crippen LogP contribution in [0.25, 0.3) is 27.5 Å². The zero-order chi connectivity index (χ0) is 19.0. The minimum Gasteiger partial charge on any atom is -0.497 e. The van der Waals surface area contributed by atoms with E-state index in [4.69, 9.17) is 15.2 Å². The molecule has 7 heteroatoms. The second-order valence-corrected chi connectivity index (χ2v) is 5.92. The van der Waals surface area contributed by atoms with Crippen LogP contribution in [0.1, 0.15) is 17.4 Å². The smallest absolute Gasteiger partial charge is 0.359 e. The maximum atomic E-state index is 12.7. The van der Waals surface area contributed by atoms with Crippen LogP contribution < -0.4 is 10.5 Å². The van der Waals surface area contributed by atoms with Crippen molar-refractivity contribution in [1.82, 2.24) is 14.8 Å². The van der Waals surface area contributed by atoms with Crippen LogP contribution in [0, 0.1) is 0 Å². The zero-order valence-electron chi connectivity index (χ0n) is 15.0. The quantitative estimate of drug-likeness (QED) is 0.560. The van der Waals surface area contributed by atoms with Gasteiger partial charge in [0.15, 0.2) is 5.69 Å². The first kappa shape index (κ1) is 16.8. The molecule has 0 saturated heterocycles. The SMILES string of the molecule is CCOC(=O)c1c2nc(N)c3ccccc3c2nn1-c1ccc(OC)cc1. The molecular weight excluding hydrogens is 344 g/mol. The van der Waals surface area contributed by atoms with E-state index in [1.165, 1.54) is 0 Å². The lowest BCUT2D eigenvalue weighted by molar-refractivity contribution is 0.0518. The molecule has 136 valence electrons. The number of nitrogens with zero attached hydrogens (tertiary/aromatic N) is 3. The van der Waals surface area contributed by atoms with Gasteiger partial charge >= 0.3 is 5.97 Å². The van der Waals surface area contributed by atoms with Gasteiger partial charge < -0.3 is 15.2 Å². The van der Waals surface area contributed by atoms with Gasteiger partial charge in [0.2, 0.25) is 0 Å². The maximum absolute atomic E-state index is 12.7. The topological polar surface area (TPSA) is 92.3 Å². The number of hydrogen-bond donors (Lipinski definition) is 1. The monoisotopic (exact) mass is 362 g/mol. The van der Waals surface area contributed by atoms with Gasteiger partial charge in [0.05, 0.1) is 19.4 Å². The Morgan fingerprint density at radius 3 is 2.44 bits per heavy atom. The number of benzene rings is 2. The van der Waals surface area contributed by atoms with Gasteiger partial charge in [-0.2, -0.15) is 5.10 Å². The highest BCUT2D eigenvalue weighted by atomic mass is 16.5. The average Bonchev–Trinajstić information content (AvgIpc) is 3.08. The van der Waals surface area contributed by atoms with E-state index in [0.29, 0.717) is 28.3 Å². The Kier molecular flexibility index (Phi) is 4.12. The number of rotatable bonds is 4. The first-order valence-corrected chi connectivity index (χ1v) is 8.52. The van der Waals surface area contributed by atoms with E-state index in [2.05, 4.69) is 10.1 Å². The fourth-order valence-corrected chi connectivity index (χ4v) is 3.08. The van der Waals surface area contributed by atoms with Gasteiger partial charge in [-0.3, -0.25) is 0 Å². The van der Waals surface area contributed by atoms with Crippen LogP contribution in [0.5, 0.6) is 5.75 Å². The molecule has 7 nitrogen and oxygen atoms in total. The molecule has 4 aromatic rings. The summed E-state index contributed by atoms with van der Waals surface area (Å²) in [5.41, 5.74) is 8.09. The summed E-state index contributed by atoms with van der Waals surface area (Å²) in [7, 11) is 1.60. The molecule has 4 rings (SSSR count). The summed E-state index contributed by atoms with van der Waals surface area (Å²) in [4.78, 5) is 17.2. The van der Waals surface area contributed by atoms with Gasteiger partial charge in [-0.25, -0.2) is 14.5 Å². The molecule has 27 heavy (non-hydrogen) atoms. The Labute approximate surface area is 155 Å². The van der Waals surface area contributed by atoms with Crippen molar-refractivity contribution in [2.45, 2.75) is 6.92 Å².